The number of aryl methyl sites for hydroxylation is 1. The summed E-state index contributed by atoms with van der Waals surface area (Å²) >= 11 is 0. The molecule has 0 spiro atoms. The van der Waals surface area contributed by atoms with E-state index in [1.807, 2.05) is 0 Å². The normalized spacial score (nSPS) is 20.9. The van der Waals surface area contributed by atoms with Crippen LogP contribution in [-0.2, 0) is 14.2 Å². The van der Waals surface area contributed by atoms with Gasteiger partial charge >= 0.3 is 0 Å². The van der Waals surface area contributed by atoms with Crippen LogP contribution in [0.15, 0.2) is 24.3 Å². The lowest BCUT2D eigenvalue weighted by atomic mass is 10.0. The van der Waals surface area contributed by atoms with Gasteiger partial charge in [-0.15, -0.1) is 0 Å². The van der Waals surface area contributed by atoms with E-state index in [1.165, 1.54) is 11.1 Å². The fraction of sp³-hybridized carbons (Fsp3) is 0.600. The zero-order valence-electron chi connectivity index (χ0n) is 12.0. The molecule has 1 fully saturated rings. The van der Waals surface area contributed by atoms with Gasteiger partial charge in [0.25, 0.3) is 0 Å². The van der Waals surface area contributed by atoms with Crippen LogP contribution < -0.4 is 0 Å². The number of methoxy groups -OCH3 is 2. The molecule has 1 unspecified atom stereocenters. The zero-order chi connectivity index (χ0) is 13.7. The average Bonchev–Trinajstić information content (AvgIpc) is 2.45. The van der Waals surface area contributed by atoms with Gasteiger partial charge in [0.15, 0.2) is 6.29 Å². The van der Waals surface area contributed by atoms with Crippen molar-refractivity contribution in [2.45, 2.75) is 19.3 Å². The standard InChI is InChI=1S/C15H23NO3/c1-12-6-4-5-7-13(12)14-10-16(8-9-19-14)11-15(17-2)18-3/h4-7,14-15H,8-11H2,1-3H3. The van der Waals surface area contributed by atoms with Crippen LogP contribution in [0.4, 0.5) is 0 Å². The van der Waals surface area contributed by atoms with Gasteiger partial charge in [-0.05, 0) is 18.1 Å². The predicted octanol–water partition coefficient (Wildman–Crippen LogP) is 1.99. The smallest absolute Gasteiger partial charge is 0.169 e. The molecule has 1 aromatic carbocycles. The molecular formula is C15H23NO3. The lowest BCUT2D eigenvalue weighted by Crippen LogP contribution is -2.43. The van der Waals surface area contributed by atoms with Crippen molar-refractivity contribution in [1.29, 1.82) is 0 Å². The molecule has 0 aliphatic carbocycles. The molecule has 4 heteroatoms. The van der Waals surface area contributed by atoms with Crippen LogP contribution in [-0.4, -0.2) is 51.7 Å². The molecule has 0 N–H and O–H groups in total. The highest BCUT2D eigenvalue weighted by molar-refractivity contribution is 5.28. The fourth-order valence-electron chi connectivity index (χ4n) is 2.46. The van der Waals surface area contributed by atoms with Gasteiger partial charge in [0, 0.05) is 33.9 Å². The summed E-state index contributed by atoms with van der Waals surface area (Å²) in [7, 11) is 3.35. The maximum atomic E-state index is 5.90. The fourth-order valence-corrected chi connectivity index (χ4v) is 2.46. The quantitative estimate of drug-likeness (QED) is 0.762. The first-order valence-corrected chi connectivity index (χ1v) is 6.69. The van der Waals surface area contributed by atoms with Crippen molar-refractivity contribution in [3.05, 3.63) is 35.4 Å². The van der Waals surface area contributed by atoms with Crippen LogP contribution in [0.2, 0.25) is 0 Å². The average molecular weight is 265 g/mol. The van der Waals surface area contributed by atoms with Gasteiger partial charge in [-0.1, -0.05) is 24.3 Å². The Bertz CT molecular complexity index is 393. The number of morpholine rings is 1. The van der Waals surface area contributed by atoms with Crippen LogP contribution in [0.3, 0.4) is 0 Å². The van der Waals surface area contributed by atoms with Crippen LogP contribution in [0.5, 0.6) is 0 Å². The number of nitrogens with zero attached hydrogens (tertiary/aromatic N) is 1. The summed E-state index contributed by atoms with van der Waals surface area (Å²) in [5.41, 5.74) is 2.56. The zero-order valence-corrected chi connectivity index (χ0v) is 12.0. The predicted molar refractivity (Wildman–Crippen MR) is 74.1 cm³/mol. The molecule has 0 radical (unpaired) electrons. The third kappa shape index (κ3) is 3.76. The van der Waals surface area contributed by atoms with E-state index in [-0.39, 0.29) is 12.4 Å². The molecule has 0 aromatic heterocycles. The largest absolute Gasteiger partial charge is 0.371 e. The number of benzene rings is 1. The van der Waals surface area contributed by atoms with E-state index in [4.69, 9.17) is 14.2 Å². The minimum absolute atomic E-state index is 0.143. The molecule has 1 aliphatic heterocycles. The van der Waals surface area contributed by atoms with E-state index in [9.17, 15) is 0 Å². The first-order chi connectivity index (χ1) is 9.24. The molecule has 1 aromatic rings. The molecule has 19 heavy (non-hydrogen) atoms. The van der Waals surface area contributed by atoms with Gasteiger partial charge in [0.2, 0.25) is 0 Å². The number of hydrogen-bond acceptors (Lipinski definition) is 4. The van der Waals surface area contributed by atoms with Crippen LogP contribution in [0, 0.1) is 6.92 Å². The summed E-state index contributed by atoms with van der Waals surface area (Å²) in [4.78, 5) is 2.33. The van der Waals surface area contributed by atoms with Gasteiger partial charge in [-0.25, -0.2) is 0 Å². The van der Waals surface area contributed by atoms with Gasteiger partial charge in [-0.3, -0.25) is 4.90 Å². The molecule has 0 amide bonds. The second kappa shape index (κ2) is 7.01. The first kappa shape index (κ1) is 14.5. The van der Waals surface area contributed by atoms with Gasteiger partial charge in [-0.2, -0.15) is 0 Å². The molecule has 106 valence electrons. The monoisotopic (exact) mass is 265 g/mol. The van der Waals surface area contributed by atoms with E-state index in [0.717, 1.165) is 26.2 Å². The number of rotatable bonds is 5. The van der Waals surface area contributed by atoms with Crippen molar-refractivity contribution in [2.75, 3.05) is 40.5 Å². The topological polar surface area (TPSA) is 30.9 Å². The van der Waals surface area contributed by atoms with E-state index < -0.39 is 0 Å². The highest BCUT2D eigenvalue weighted by Crippen LogP contribution is 2.25. The highest BCUT2D eigenvalue weighted by Gasteiger charge is 2.24. The summed E-state index contributed by atoms with van der Waals surface area (Å²) in [6, 6.07) is 8.40. The molecule has 0 bridgehead atoms. The molecule has 1 aliphatic rings. The molecule has 1 atom stereocenters. The van der Waals surface area contributed by atoms with Crippen LogP contribution in [0.25, 0.3) is 0 Å². The van der Waals surface area contributed by atoms with Crippen molar-refractivity contribution >= 4 is 0 Å². The first-order valence-electron chi connectivity index (χ1n) is 6.69. The van der Waals surface area contributed by atoms with Crippen molar-refractivity contribution in [1.82, 2.24) is 4.90 Å². The second-order valence-electron chi connectivity index (χ2n) is 4.88. The molecule has 1 heterocycles. The molecule has 0 saturated carbocycles. The minimum Gasteiger partial charge on any atom is -0.371 e. The lowest BCUT2D eigenvalue weighted by Gasteiger charge is -2.35. The minimum atomic E-state index is -0.171. The summed E-state index contributed by atoms with van der Waals surface area (Å²) < 4.78 is 16.4. The van der Waals surface area contributed by atoms with Crippen molar-refractivity contribution < 1.29 is 14.2 Å². The Labute approximate surface area is 115 Å². The Morgan fingerprint density at radius 2 is 2.05 bits per heavy atom. The molecular weight excluding hydrogens is 242 g/mol. The van der Waals surface area contributed by atoms with Gasteiger partial charge < -0.3 is 14.2 Å². The van der Waals surface area contributed by atoms with E-state index in [2.05, 4.69) is 36.1 Å². The Kier molecular flexibility index (Phi) is 5.34. The summed E-state index contributed by atoms with van der Waals surface area (Å²) in [5.74, 6) is 0. The van der Waals surface area contributed by atoms with Crippen molar-refractivity contribution in [2.24, 2.45) is 0 Å². The Morgan fingerprint density at radius 1 is 1.32 bits per heavy atom. The Morgan fingerprint density at radius 3 is 2.74 bits per heavy atom. The third-order valence-electron chi connectivity index (χ3n) is 3.62. The van der Waals surface area contributed by atoms with E-state index >= 15 is 0 Å². The summed E-state index contributed by atoms with van der Waals surface area (Å²) in [6.07, 6.45) is -0.0278. The van der Waals surface area contributed by atoms with Crippen LogP contribution in [0.1, 0.15) is 17.2 Å². The Balaban J connectivity index is 1.99. The number of ether oxygens (including phenoxy) is 3. The third-order valence-corrected chi connectivity index (χ3v) is 3.62. The number of hydrogen-bond donors (Lipinski definition) is 0. The maximum Gasteiger partial charge on any atom is 0.169 e. The Hall–Kier alpha value is -0.940. The maximum absolute atomic E-state index is 5.90. The molecule has 1 saturated heterocycles. The van der Waals surface area contributed by atoms with Crippen LogP contribution >= 0.6 is 0 Å². The lowest BCUT2D eigenvalue weighted by molar-refractivity contribution is -0.131. The van der Waals surface area contributed by atoms with Crippen molar-refractivity contribution in [3.8, 4) is 0 Å². The highest BCUT2D eigenvalue weighted by atomic mass is 16.7. The SMILES string of the molecule is COC(CN1CCOC(c2ccccc2C)C1)OC. The summed E-state index contributed by atoms with van der Waals surface area (Å²) in [5, 5.41) is 0. The van der Waals surface area contributed by atoms with Gasteiger partial charge in [0.1, 0.15) is 0 Å². The van der Waals surface area contributed by atoms with Gasteiger partial charge in [0.05, 0.1) is 12.7 Å². The molecule has 2 rings (SSSR count). The van der Waals surface area contributed by atoms with E-state index in [1.54, 1.807) is 14.2 Å². The second-order valence-corrected chi connectivity index (χ2v) is 4.88. The summed E-state index contributed by atoms with van der Waals surface area (Å²) in [6.45, 7) is 5.46. The van der Waals surface area contributed by atoms with E-state index in [0.29, 0.717) is 0 Å². The molecule has 4 nitrogen and oxygen atoms in total. The van der Waals surface area contributed by atoms with Crippen molar-refractivity contribution in [3.63, 3.8) is 0 Å².